The highest BCUT2D eigenvalue weighted by Gasteiger charge is 2.17. The van der Waals surface area contributed by atoms with Crippen molar-refractivity contribution in [2.45, 2.75) is 0 Å². The molecule has 0 unspecified atom stereocenters. The average Bonchev–Trinajstić information content (AvgIpc) is 3.48. The number of furan rings is 1. The van der Waals surface area contributed by atoms with Gasteiger partial charge in [0.2, 0.25) is 0 Å². The quantitative estimate of drug-likeness (QED) is 0.181. The molecule has 0 saturated heterocycles. The van der Waals surface area contributed by atoms with Crippen molar-refractivity contribution in [3.05, 3.63) is 181 Å². The van der Waals surface area contributed by atoms with Gasteiger partial charge in [0.25, 0.3) is 0 Å². The van der Waals surface area contributed by atoms with Gasteiger partial charge in [0.15, 0.2) is 0 Å². The first-order valence-corrected chi connectivity index (χ1v) is 16.1. The van der Waals surface area contributed by atoms with Crippen molar-refractivity contribution in [2.75, 3.05) is 9.80 Å². The predicted octanol–water partition coefficient (Wildman–Crippen LogP) is 13.1. The van der Waals surface area contributed by atoms with Crippen LogP contribution in [0, 0.1) is 11.6 Å². The molecule has 0 aliphatic carbocycles. The standard InChI is InChI=1S/C44H28F2N2O/c45-33-13-19-37(20-14-33)47(35-7-3-1-4-8-35)39-17-11-29-25-41-42-26-30-12-18-40(24-32(30)28-44(42)49-43(41)27-31(29)23-39)48(36-9-5-2-6-10-36)38-21-15-34(46)16-22-38/h1-28H. The van der Waals surface area contributed by atoms with E-state index >= 15 is 0 Å². The Morgan fingerprint density at radius 2 is 0.694 bits per heavy atom. The summed E-state index contributed by atoms with van der Waals surface area (Å²) in [7, 11) is 0. The van der Waals surface area contributed by atoms with Gasteiger partial charge in [-0.3, -0.25) is 0 Å². The molecule has 0 saturated carbocycles. The van der Waals surface area contributed by atoms with E-state index in [4.69, 9.17) is 4.42 Å². The lowest BCUT2D eigenvalue weighted by molar-refractivity contribution is 0.627. The zero-order valence-corrected chi connectivity index (χ0v) is 26.2. The number of halogens is 2. The van der Waals surface area contributed by atoms with Crippen LogP contribution >= 0.6 is 0 Å². The Morgan fingerprint density at radius 3 is 1.10 bits per heavy atom. The maximum atomic E-state index is 13.9. The van der Waals surface area contributed by atoms with E-state index in [1.54, 1.807) is 24.3 Å². The fourth-order valence-corrected chi connectivity index (χ4v) is 6.74. The number of hydrogen-bond donors (Lipinski definition) is 0. The number of anilines is 6. The zero-order chi connectivity index (χ0) is 32.9. The Morgan fingerprint density at radius 1 is 0.327 bits per heavy atom. The van der Waals surface area contributed by atoms with Crippen LogP contribution in [0.4, 0.5) is 42.9 Å². The maximum Gasteiger partial charge on any atom is 0.136 e. The molecule has 49 heavy (non-hydrogen) atoms. The molecule has 9 rings (SSSR count). The molecule has 0 spiro atoms. The molecular formula is C44H28F2N2O. The van der Waals surface area contributed by atoms with Gasteiger partial charge in [-0.15, -0.1) is 0 Å². The SMILES string of the molecule is Fc1ccc(N(c2ccccc2)c2ccc3cc4c(cc3c2)oc2cc3cc(N(c5ccccc5)c5ccc(F)cc5)ccc3cc24)cc1. The molecule has 1 heterocycles. The molecule has 0 aliphatic rings. The van der Waals surface area contributed by atoms with Gasteiger partial charge in [0.05, 0.1) is 0 Å². The van der Waals surface area contributed by atoms with E-state index in [-0.39, 0.29) is 11.6 Å². The molecule has 0 atom stereocenters. The molecule has 0 amide bonds. The van der Waals surface area contributed by atoms with Crippen molar-refractivity contribution in [3.8, 4) is 0 Å². The molecule has 0 bridgehead atoms. The van der Waals surface area contributed by atoms with E-state index in [0.29, 0.717) is 0 Å². The Hall–Kier alpha value is -6.46. The summed E-state index contributed by atoms with van der Waals surface area (Å²) in [6, 6.07) is 54.6. The Balaban J connectivity index is 1.15. The van der Waals surface area contributed by atoms with Gasteiger partial charge >= 0.3 is 0 Å². The highest BCUT2D eigenvalue weighted by atomic mass is 19.1. The van der Waals surface area contributed by atoms with E-state index in [9.17, 15) is 8.78 Å². The van der Waals surface area contributed by atoms with Crippen molar-refractivity contribution < 1.29 is 13.2 Å². The largest absolute Gasteiger partial charge is 0.456 e. The number of fused-ring (bicyclic) bond motifs is 5. The van der Waals surface area contributed by atoms with Gasteiger partial charge in [0.1, 0.15) is 22.8 Å². The molecule has 9 aromatic rings. The Bertz CT molecular complexity index is 2430. The van der Waals surface area contributed by atoms with Crippen LogP contribution in [0.2, 0.25) is 0 Å². The van der Waals surface area contributed by atoms with E-state index in [2.05, 4.69) is 70.5 Å². The van der Waals surface area contributed by atoms with Crippen LogP contribution < -0.4 is 9.80 Å². The van der Waals surface area contributed by atoms with Crippen molar-refractivity contribution in [2.24, 2.45) is 0 Å². The summed E-state index contributed by atoms with van der Waals surface area (Å²) < 4.78 is 34.2. The van der Waals surface area contributed by atoms with Crippen molar-refractivity contribution in [1.29, 1.82) is 0 Å². The third kappa shape index (κ3) is 5.22. The van der Waals surface area contributed by atoms with Gasteiger partial charge in [-0.2, -0.15) is 0 Å². The summed E-state index contributed by atoms with van der Waals surface area (Å²) in [5, 5.41) is 6.38. The lowest BCUT2D eigenvalue weighted by Gasteiger charge is -2.25. The van der Waals surface area contributed by atoms with Crippen LogP contribution in [0.25, 0.3) is 43.5 Å². The normalized spacial score (nSPS) is 11.5. The maximum absolute atomic E-state index is 13.9. The van der Waals surface area contributed by atoms with Crippen molar-refractivity contribution in [1.82, 2.24) is 0 Å². The van der Waals surface area contributed by atoms with Gasteiger partial charge in [-0.25, -0.2) is 8.78 Å². The smallest absolute Gasteiger partial charge is 0.136 e. The Kier molecular flexibility index (Phi) is 6.83. The topological polar surface area (TPSA) is 19.6 Å². The lowest BCUT2D eigenvalue weighted by Crippen LogP contribution is -2.09. The number of benzene rings is 8. The molecule has 0 N–H and O–H groups in total. The highest BCUT2D eigenvalue weighted by molar-refractivity contribution is 6.14. The number of para-hydroxylation sites is 2. The molecule has 0 fully saturated rings. The van der Waals surface area contributed by atoms with Crippen LogP contribution in [0.3, 0.4) is 0 Å². The molecular weight excluding hydrogens is 610 g/mol. The fourth-order valence-electron chi connectivity index (χ4n) is 6.74. The molecule has 8 aromatic carbocycles. The molecule has 234 valence electrons. The minimum atomic E-state index is -0.271. The fraction of sp³-hybridized carbons (Fsp3) is 0. The monoisotopic (exact) mass is 638 g/mol. The molecule has 3 nitrogen and oxygen atoms in total. The van der Waals surface area contributed by atoms with Crippen molar-refractivity contribution >= 4 is 77.6 Å². The van der Waals surface area contributed by atoms with E-state index < -0.39 is 0 Å². The summed E-state index contributed by atoms with van der Waals surface area (Å²) in [6.45, 7) is 0. The predicted molar refractivity (Wildman–Crippen MR) is 198 cm³/mol. The summed E-state index contributed by atoms with van der Waals surface area (Å²) in [5.74, 6) is -0.541. The highest BCUT2D eigenvalue weighted by Crippen LogP contribution is 2.41. The summed E-state index contributed by atoms with van der Waals surface area (Å²) in [6.07, 6.45) is 0. The second kappa shape index (κ2) is 11.7. The first-order chi connectivity index (χ1) is 24.1. The average molecular weight is 639 g/mol. The third-order valence-electron chi connectivity index (χ3n) is 9.07. The number of nitrogens with zero attached hydrogens (tertiary/aromatic N) is 2. The second-order valence-corrected chi connectivity index (χ2v) is 12.2. The van der Waals surface area contributed by atoms with E-state index in [1.807, 2.05) is 60.7 Å². The summed E-state index contributed by atoms with van der Waals surface area (Å²) >= 11 is 0. The minimum absolute atomic E-state index is 0.271. The molecule has 0 radical (unpaired) electrons. The van der Waals surface area contributed by atoms with Gasteiger partial charge in [-0.1, -0.05) is 48.5 Å². The summed E-state index contributed by atoms with van der Waals surface area (Å²) in [5.41, 5.74) is 7.23. The van der Waals surface area contributed by atoms with Crippen LogP contribution in [0.15, 0.2) is 174 Å². The van der Waals surface area contributed by atoms with E-state index in [1.165, 1.54) is 24.3 Å². The summed E-state index contributed by atoms with van der Waals surface area (Å²) in [4.78, 5) is 4.24. The molecule has 1 aromatic heterocycles. The van der Waals surface area contributed by atoms with Crippen LogP contribution in [0.1, 0.15) is 0 Å². The first kappa shape index (κ1) is 28.7. The van der Waals surface area contributed by atoms with Gasteiger partial charge in [-0.05, 0) is 143 Å². The molecule has 5 heteroatoms. The first-order valence-electron chi connectivity index (χ1n) is 16.1. The van der Waals surface area contributed by atoms with Gasteiger partial charge < -0.3 is 14.2 Å². The number of rotatable bonds is 6. The van der Waals surface area contributed by atoms with E-state index in [0.717, 1.165) is 77.6 Å². The minimum Gasteiger partial charge on any atom is -0.456 e. The van der Waals surface area contributed by atoms with Crippen LogP contribution in [-0.2, 0) is 0 Å². The van der Waals surface area contributed by atoms with Crippen LogP contribution in [-0.4, -0.2) is 0 Å². The third-order valence-corrected chi connectivity index (χ3v) is 9.07. The van der Waals surface area contributed by atoms with Gasteiger partial charge in [0, 0.05) is 44.9 Å². The molecule has 0 aliphatic heterocycles. The van der Waals surface area contributed by atoms with Crippen LogP contribution in [0.5, 0.6) is 0 Å². The lowest BCUT2D eigenvalue weighted by atomic mass is 10.0. The second-order valence-electron chi connectivity index (χ2n) is 12.2. The van der Waals surface area contributed by atoms with Crippen molar-refractivity contribution in [3.63, 3.8) is 0 Å². The Labute approximate surface area is 281 Å². The zero-order valence-electron chi connectivity index (χ0n) is 26.2. The number of hydrogen-bond acceptors (Lipinski definition) is 3.